The highest BCUT2D eigenvalue weighted by atomic mass is 32.2. The van der Waals surface area contributed by atoms with Gasteiger partial charge in [-0.2, -0.15) is 0 Å². The minimum Gasteiger partial charge on any atom is -0.478 e. The fourth-order valence-corrected chi connectivity index (χ4v) is 6.35. The van der Waals surface area contributed by atoms with Crippen LogP contribution in [0.2, 0.25) is 0 Å². The summed E-state index contributed by atoms with van der Waals surface area (Å²) in [5.41, 5.74) is 1.91. The molecule has 2 aromatic carbocycles. The molecule has 2 N–H and O–H groups in total. The van der Waals surface area contributed by atoms with Gasteiger partial charge in [-0.15, -0.1) is 0 Å². The van der Waals surface area contributed by atoms with Crippen molar-refractivity contribution in [3.8, 4) is 0 Å². The Morgan fingerprint density at radius 1 is 1.00 bits per heavy atom. The quantitative estimate of drug-likeness (QED) is 0.540. The zero-order valence-corrected chi connectivity index (χ0v) is 21.6. The Hall–Kier alpha value is -2.58. The number of piperazine rings is 1. The molecule has 0 atom stereocenters. The fourth-order valence-electron chi connectivity index (χ4n) is 5.27. The van der Waals surface area contributed by atoms with Crippen LogP contribution < -0.4 is 9.62 Å². The molecule has 1 aliphatic carbocycles. The second-order valence-electron chi connectivity index (χ2n) is 10.2. The zero-order chi connectivity index (χ0) is 25.0. The molecule has 0 unspecified atom stereocenters. The van der Waals surface area contributed by atoms with Gasteiger partial charge in [-0.1, -0.05) is 45.2 Å². The first-order valence-corrected chi connectivity index (χ1v) is 14.2. The summed E-state index contributed by atoms with van der Waals surface area (Å²) >= 11 is 0. The second kappa shape index (κ2) is 11.0. The van der Waals surface area contributed by atoms with Gasteiger partial charge in [0.25, 0.3) is 10.0 Å². The number of nitrogens with one attached hydrogen (secondary N) is 1. The Balaban J connectivity index is 1.46. The average Bonchev–Trinajstić information content (AvgIpc) is 2.84. The minimum absolute atomic E-state index is 0.0442. The van der Waals surface area contributed by atoms with Gasteiger partial charge < -0.3 is 10.0 Å². The number of sulfonamides is 1. The summed E-state index contributed by atoms with van der Waals surface area (Å²) in [4.78, 5) is 16.9. The number of carboxylic acids is 1. The lowest BCUT2D eigenvalue weighted by molar-refractivity contribution is 0.0698. The highest BCUT2D eigenvalue weighted by Gasteiger charge is 2.26. The fraction of sp³-hybridized carbons (Fsp3) is 0.519. The van der Waals surface area contributed by atoms with E-state index in [-0.39, 0.29) is 16.1 Å². The molecule has 0 radical (unpaired) electrons. The van der Waals surface area contributed by atoms with Gasteiger partial charge in [-0.3, -0.25) is 9.62 Å². The van der Waals surface area contributed by atoms with E-state index in [1.807, 2.05) is 18.2 Å². The number of anilines is 2. The maximum atomic E-state index is 13.0. The van der Waals surface area contributed by atoms with Crippen LogP contribution in [0.25, 0.3) is 0 Å². The Bertz CT molecular complexity index is 1120. The van der Waals surface area contributed by atoms with Gasteiger partial charge in [0.05, 0.1) is 16.1 Å². The van der Waals surface area contributed by atoms with Crippen LogP contribution in [0.15, 0.2) is 47.4 Å². The Kier molecular flexibility index (Phi) is 8.02. The third-order valence-corrected chi connectivity index (χ3v) is 8.51. The first-order chi connectivity index (χ1) is 16.7. The SMILES string of the molecule is CC(C)Cc1ccc(S(=O)(=O)Nc2ccc(N3CCN(C4CCCCC4)CC3)cc2C(=O)O)cc1. The molecule has 2 fully saturated rings. The summed E-state index contributed by atoms with van der Waals surface area (Å²) in [6.07, 6.45) is 7.39. The van der Waals surface area contributed by atoms with E-state index in [4.69, 9.17) is 0 Å². The van der Waals surface area contributed by atoms with E-state index in [0.717, 1.165) is 43.9 Å². The standard InChI is InChI=1S/C27H37N3O4S/c1-20(2)18-21-8-11-24(12-9-21)35(33,34)28-26-13-10-23(19-25(26)27(31)32)30-16-14-29(15-17-30)22-6-4-3-5-7-22/h8-13,19-20,22,28H,3-7,14-18H2,1-2H3,(H,31,32). The van der Waals surface area contributed by atoms with Crippen LogP contribution >= 0.6 is 0 Å². The molecule has 1 saturated heterocycles. The third-order valence-electron chi connectivity index (χ3n) is 7.13. The molecule has 0 bridgehead atoms. The molecule has 2 aliphatic rings. The lowest BCUT2D eigenvalue weighted by Crippen LogP contribution is -2.50. The van der Waals surface area contributed by atoms with Crippen molar-refractivity contribution in [2.45, 2.75) is 63.3 Å². The van der Waals surface area contributed by atoms with E-state index < -0.39 is 16.0 Å². The van der Waals surface area contributed by atoms with Crippen LogP contribution in [-0.4, -0.2) is 56.6 Å². The van der Waals surface area contributed by atoms with Gasteiger partial charge in [0, 0.05) is 37.9 Å². The van der Waals surface area contributed by atoms with Gasteiger partial charge in [0.15, 0.2) is 0 Å². The first-order valence-electron chi connectivity index (χ1n) is 12.7. The van der Waals surface area contributed by atoms with Gasteiger partial charge in [0.2, 0.25) is 0 Å². The summed E-state index contributed by atoms with van der Waals surface area (Å²) in [5.74, 6) is -0.680. The van der Waals surface area contributed by atoms with Crippen molar-refractivity contribution in [3.05, 3.63) is 53.6 Å². The Labute approximate surface area is 209 Å². The van der Waals surface area contributed by atoms with Crippen molar-refractivity contribution in [1.82, 2.24) is 4.90 Å². The van der Waals surface area contributed by atoms with Crippen LogP contribution in [-0.2, 0) is 16.4 Å². The van der Waals surface area contributed by atoms with Crippen LogP contribution in [0.1, 0.15) is 61.9 Å². The van der Waals surface area contributed by atoms with E-state index in [2.05, 4.69) is 28.4 Å². The van der Waals surface area contributed by atoms with Crippen molar-refractivity contribution in [1.29, 1.82) is 0 Å². The predicted molar refractivity (Wildman–Crippen MR) is 140 cm³/mol. The maximum absolute atomic E-state index is 13.0. The highest BCUT2D eigenvalue weighted by Crippen LogP contribution is 2.29. The maximum Gasteiger partial charge on any atom is 0.337 e. The van der Waals surface area contributed by atoms with Crippen molar-refractivity contribution < 1.29 is 18.3 Å². The lowest BCUT2D eigenvalue weighted by Gasteiger charge is -2.41. The van der Waals surface area contributed by atoms with Gasteiger partial charge in [-0.05, 0) is 61.1 Å². The molecule has 1 heterocycles. The zero-order valence-electron chi connectivity index (χ0n) is 20.7. The summed E-state index contributed by atoms with van der Waals surface area (Å²) < 4.78 is 28.4. The van der Waals surface area contributed by atoms with Gasteiger partial charge in [-0.25, -0.2) is 13.2 Å². The second-order valence-corrected chi connectivity index (χ2v) is 11.9. The molecule has 2 aromatic rings. The topological polar surface area (TPSA) is 90.0 Å². The van der Waals surface area contributed by atoms with Crippen LogP contribution in [0.5, 0.6) is 0 Å². The lowest BCUT2D eigenvalue weighted by atomic mass is 9.94. The molecule has 0 spiro atoms. The Morgan fingerprint density at radius 2 is 1.66 bits per heavy atom. The summed E-state index contributed by atoms with van der Waals surface area (Å²) in [5, 5.41) is 9.83. The van der Waals surface area contributed by atoms with Gasteiger partial charge in [0.1, 0.15) is 0 Å². The first kappa shape index (κ1) is 25.5. The third kappa shape index (κ3) is 6.35. The molecule has 1 saturated carbocycles. The smallest absolute Gasteiger partial charge is 0.337 e. The van der Waals surface area contributed by atoms with E-state index in [0.29, 0.717) is 12.0 Å². The monoisotopic (exact) mass is 499 g/mol. The van der Waals surface area contributed by atoms with Crippen LogP contribution in [0.3, 0.4) is 0 Å². The molecule has 4 rings (SSSR count). The number of carbonyl (C=O) groups is 1. The van der Waals surface area contributed by atoms with E-state index in [9.17, 15) is 18.3 Å². The van der Waals surface area contributed by atoms with E-state index >= 15 is 0 Å². The molecule has 8 heteroatoms. The molecule has 0 aromatic heterocycles. The predicted octanol–water partition coefficient (Wildman–Crippen LogP) is 4.84. The number of hydrogen-bond donors (Lipinski definition) is 2. The largest absolute Gasteiger partial charge is 0.478 e. The van der Waals surface area contributed by atoms with Crippen LogP contribution in [0, 0.1) is 5.92 Å². The molecule has 190 valence electrons. The number of carboxylic acid groups (broad SMARTS) is 1. The molecule has 7 nitrogen and oxygen atoms in total. The molecule has 1 aliphatic heterocycles. The summed E-state index contributed by atoms with van der Waals surface area (Å²) in [6, 6.07) is 12.4. The van der Waals surface area contributed by atoms with Crippen molar-refractivity contribution in [3.63, 3.8) is 0 Å². The molecule has 0 amide bonds. The highest BCUT2D eigenvalue weighted by molar-refractivity contribution is 7.92. The normalized spacial score (nSPS) is 18.1. The molecule has 35 heavy (non-hydrogen) atoms. The number of hydrogen-bond acceptors (Lipinski definition) is 5. The summed E-state index contributed by atoms with van der Waals surface area (Å²) in [7, 11) is -3.91. The van der Waals surface area contributed by atoms with Gasteiger partial charge >= 0.3 is 5.97 Å². The van der Waals surface area contributed by atoms with E-state index in [1.165, 1.54) is 32.1 Å². The van der Waals surface area contributed by atoms with Crippen molar-refractivity contribution >= 4 is 27.4 Å². The van der Waals surface area contributed by atoms with Crippen molar-refractivity contribution in [2.75, 3.05) is 35.8 Å². The van der Waals surface area contributed by atoms with Crippen molar-refractivity contribution in [2.24, 2.45) is 5.92 Å². The number of benzene rings is 2. The summed E-state index contributed by atoms with van der Waals surface area (Å²) in [6.45, 7) is 7.83. The minimum atomic E-state index is -3.91. The number of aromatic carboxylic acids is 1. The molecular weight excluding hydrogens is 462 g/mol. The van der Waals surface area contributed by atoms with Crippen LogP contribution in [0.4, 0.5) is 11.4 Å². The number of rotatable bonds is 8. The molecular formula is C27H37N3O4S. The Morgan fingerprint density at radius 3 is 2.26 bits per heavy atom. The number of nitrogens with zero attached hydrogens (tertiary/aromatic N) is 2. The average molecular weight is 500 g/mol. The van der Waals surface area contributed by atoms with E-state index in [1.54, 1.807) is 24.3 Å².